The first-order chi connectivity index (χ1) is 10.5. The maximum atomic E-state index is 11.9. The molecule has 0 radical (unpaired) electrons. The minimum atomic E-state index is -0.994. The van der Waals surface area contributed by atoms with Gasteiger partial charge >= 0.3 is 23.4 Å². The molecule has 9 heteroatoms. The van der Waals surface area contributed by atoms with E-state index >= 15 is 0 Å². The van der Waals surface area contributed by atoms with Crippen molar-refractivity contribution >= 4 is 17.7 Å². The van der Waals surface area contributed by atoms with Gasteiger partial charge in [0.25, 0.3) is 0 Å². The van der Waals surface area contributed by atoms with Crippen molar-refractivity contribution in [2.75, 3.05) is 12.3 Å². The van der Waals surface area contributed by atoms with E-state index in [2.05, 4.69) is 15.1 Å². The zero-order valence-electron chi connectivity index (χ0n) is 11.4. The Morgan fingerprint density at radius 3 is 2.64 bits per heavy atom. The van der Waals surface area contributed by atoms with E-state index in [0.29, 0.717) is 0 Å². The molecule has 116 valence electrons. The molecule has 9 nitrogen and oxygen atoms in total. The molecule has 0 fully saturated rings. The van der Waals surface area contributed by atoms with Gasteiger partial charge < -0.3 is 21.4 Å². The molecule has 2 aromatic rings. The Morgan fingerprint density at radius 2 is 2.09 bits per heavy atom. The number of hydrogen-bond donors (Lipinski definition) is 3. The van der Waals surface area contributed by atoms with E-state index in [0.717, 1.165) is 5.56 Å². The normalized spacial score (nSPS) is 11.8. The van der Waals surface area contributed by atoms with E-state index in [1.807, 2.05) is 0 Å². The predicted molar refractivity (Wildman–Crippen MR) is 73.6 cm³/mol. The monoisotopic (exact) mass is 306 g/mol. The van der Waals surface area contributed by atoms with Crippen LogP contribution >= 0.6 is 0 Å². The van der Waals surface area contributed by atoms with E-state index in [1.165, 1.54) is 0 Å². The van der Waals surface area contributed by atoms with E-state index in [1.54, 1.807) is 30.3 Å². The van der Waals surface area contributed by atoms with Gasteiger partial charge in [0.15, 0.2) is 0 Å². The van der Waals surface area contributed by atoms with Crippen LogP contribution in [0.15, 0.2) is 35.0 Å². The fourth-order valence-electron chi connectivity index (χ4n) is 2.00. The Kier molecular flexibility index (Phi) is 4.57. The lowest BCUT2D eigenvalue weighted by molar-refractivity contribution is -0.803. The number of hydrogen-bond acceptors (Lipinski definition) is 6. The van der Waals surface area contributed by atoms with Crippen LogP contribution in [0.1, 0.15) is 28.4 Å². The molecular formula is C13H14N4O5. The summed E-state index contributed by atoms with van der Waals surface area (Å²) in [7, 11) is 0. The van der Waals surface area contributed by atoms with Gasteiger partial charge in [-0.2, -0.15) is 0 Å². The summed E-state index contributed by atoms with van der Waals surface area (Å²) in [6.07, 6.45) is -0.166. The molecule has 0 saturated carbocycles. The molecule has 2 rings (SSSR count). The number of nitrogens with zero attached hydrogens (tertiary/aromatic N) is 2. The van der Waals surface area contributed by atoms with Gasteiger partial charge in [0.1, 0.15) is 0 Å². The molecule has 1 aromatic heterocycles. The Bertz CT molecular complexity index is 651. The number of nitrogens with two attached hydrogens (primary N) is 1. The largest absolute Gasteiger partial charge is 0.481 e. The van der Waals surface area contributed by atoms with E-state index in [4.69, 9.17) is 10.8 Å². The maximum absolute atomic E-state index is 11.9. The highest BCUT2D eigenvalue weighted by Gasteiger charge is 2.25. The van der Waals surface area contributed by atoms with Gasteiger partial charge in [0, 0.05) is 12.5 Å². The maximum Gasteiger partial charge on any atom is 0.318 e. The smallest absolute Gasteiger partial charge is 0.318 e. The zero-order chi connectivity index (χ0) is 16.1. The highest BCUT2D eigenvalue weighted by atomic mass is 16.8. The number of aliphatic carboxylic acids is 1. The van der Waals surface area contributed by atoms with Gasteiger partial charge in [-0.25, -0.2) is 0 Å². The van der Waals surface area contributed by atoms with Crippen molar-refractivity contribution in [2.45, 2.75) is 12.3 Å². The van der Waals surface area contributed by atoms with Crippen molar-refractivity contribution in [3.8, 4) is 0 Å². The Morgan fingerprint density at radius 1 is 1.41 bits per heavy atom. The summed E-state index contributed by atoms with van der Waals surface area (Å²) in [5.41, 5.74) is 5.67. The molecule has 0 aliphatic carbocycles. The second-order valence-electron chi connectivity index (χ2n) is 4.58. The van der Waals surface area contributed by atoms with Crippen LogP contribution in [0.3, 0.4) is 0 Å². The highest BCUT2D eigenvalue weighted by Crippen LogP contribution is 2.18. The fraction of sp³-hybridized carbons (Fsp3) is 0.231. The number of carboxylic acids is 1. The summed E-state index contributed by atoms with van der Waals surface area (Å²) in [6, 6.07) is 8.88. The Hall–Kier alpha value is -3.10. The van der Waals surface area contributed by atoms with Crippen LogP contribution in [0.5, 0.6) is 0 Å². The summed E-state index contributed by atoms with van der Waals surface area (Å²) in [6.45, 7) is 0.0275. The van der Waals surface area contributed by atoms with Gasteiger partial charge in [0.2, 0.25) is 0 Å². The van der Waals surface area contributed by atoms with Crippen LogP contribution in [0, 0.1) is 5.21 Å². The molecule has 1 amide bonds. The minimum absolute atomic E-state index is 0.0275. The molecule has 0 aliphatic heterocycles. The number of anilines is 1. The zero-order valence-corrected chi connectivity index (χ0v) is 11.4. The van der Waals surface area contributed by atoms with Crippen LogP contribution in [0.4, 0.5) is 5.82 Å². The quantitative estimate of drug-likeness (QED) is 0.630. The lowest BCUT2D eigenvalue weighted by Gasteiger charge is -2.15. The van der Waals surface area contributed by atoms with E-state index in [-0.39, 0.29) is 23.7 Å². The Labute approximate surface area is 124 Å². The Balaban J connectivity index is 2.09. The molecule has 4 N–H and O–H groups in total. The number of carboxylic acid groups (broad SMARTS) is 1. The van der Waals surface area contributed by atoms with Crippen LogP contribution in [0.2, 0.25) is 0 Å². The van der Waals surface area contributed by atoms with Crippen LogP contribution in [-0.4, -0.2) is 28.7 Å². The third-order valence-corrected chi connectivity index (χ3v) is 3.05. The first-order valence-corrected chi connectivity index (χ1v) is 6.39. The second-order valence-corrected chi connectivity index (χ2v) is 4.58. The molecular weight excluding hydrogens is 292 g/mol. The number of benzene rings is 1. The number of aromatic nitrogens is 2. The van der Waals surface area contributed by atoms with Crippen molar-refractivity contribution < 1.29 is 24.2 Å². The summed E-state index contributed by atoms with van der Waals surface area (Å²) in [5, 5.41) is 25.8. The lowest BCUT2D eigenvalue weighted by atomic mass is 9.95. The van der Waals surface area contributed by atoms with E-state index < -0.39 is 23.5 Å². The van der Waals surface area contributed by atoms with Crippen molar-refractivity contribution in [1.29, 1.82) is 0 Å². The summed E-state index contributed by atoms with van der Waals surface area (Å²) in [5.74, 6) is -2.54. The van der Waals surface area contributed by atoms with Gasteiger partial charge in [-0.15, -0.1) is 0 Å². The average Bonchev–Trinajstić information content (AvgIpc) is 2.83. The molecule has 0 spiro atoms. The van der Waals surface area contributed by atoms with Crippen molar-refractivity contribution in [1.82, 2.24) is 10.5 Å². The molecule has 0 bridgehead atoms. The number of nitrogen functional groups attached to an aromatic ring is 1. The van der Waals surface area contributed by atoms with Gasteiger partial charge in [-0.1, -0.05) is 30.3 Å². The van der Waals surface area contributed by atoms with Crippen LogP contribution in [0.25, 0.3) is 0 Å². The summed E-state index contributed by atoms with van der Waals surface area (Å²) in [4.78, 5) is 22.8. The minimum Gasteiger partial charge on any atom is -0.481 e. The van der Waals surface area contributed by atoms with E-state index in [9.17, 15) is 14.8 Å². The number of carbonyl (C=O) groups excluding carboxylic acids is 1. The topological polar surface area (TPSA) is 145 Å². The number of nitrogens with one attached hydrogen (secondary N) is 1. The first-order valence-electron chi connectivity index (χ1n) is 6.39. The van der Waals surface area contributed by atoms with Crippen LogP contribution in [-0.2, 0) is 4.79 Å². The fourth-order valence-corrected chi connectivity index (χ4v) is 2.00. The van der Waals surface area contributed by atoms with Gasteiger partial charge in [0.05, 0.1) is 11.6 Å². The third kappa shape index (κ3) is 3.51. The summed E-state index contributed by atoms with van der Waals surface area (Å²) >= 11 is 0. The number of amides is 1. The predicted octanol–water partition coefficient (Wildman–Crippen LogP) is -0.121. The number of carbonyl (C=O) groups is 2. The average molecular weight is 306 g/mol. The number of rotatable bonds is 6. The van der Waals surface area contributed by atoms with Gasteiger partial charge in [-0.05, 0) is 10.5 Å². The lowest BCUT2D eigenvalue weighted by Crippen LogP contribution is -2.39. The van der Waals surface area contributed by atoms with Crippen molar-refractivity contribution in [3.63, 3.8) is 0 Å². The second kappa shape index (κ2) is 6.57. The van der Waals surface area contributed by atoms with Crippen molar-refractivity contribution in [2.24, 2.45) is 0 Å². The molecule has 0 unspecified atom stereocenters. The highest BCUT2D eigenvalue weighted by molar-refractivity contribution is 5.94. The SMILES string of the molecule is Nc1no[n+]([O-])c1C(=O)NC[C@@H](CC(=O)O)c1ccccc1. The molecule has 1 heterocycles. The van der Waals surface area contributed by atoms with Gasteiger partial charge in [-0.3, -0.25) is 14.2 Å². The molecule has 1 atom stereocenters. The molecule has 0 aliphatic rings. The van der Waals surface area contributed by atoms with Crippen molar-refractivity contribution in [3.05, 3.63) is 46.8 Å². The molecule has 0 saturated heterocycles. The first kappa shape index (κ1) is 15.3. The molecule has 1 aromatic carbocycles. The summed E-state index contributed by atoms with van der Waals surface area (Å²) < 4.78 is 4.20. The van der Waals surface area contributed by atoms with Crippen LogP contribution < -0.4 is 16.0 Å². The standard InChI is InChI=1S/C13H14N4O5/c14-12-11(17(21)22-16-12)13(20)15-7-9(6-10(18)19)8-4-2-1-3-5-8/h1-5,9H,6-7H2,(H2,14,16)(H,15,20)(H,18,19)/t9-/m1/s1. The third-order valence-electron chi connectivity index (χ3n) is 3.05. The molecule has 22 heavy (non-hydrogen) atoms.